The van der Waals surface area contributed by atoms with Crippen molar-refractivity contribution in [2.45, 2.75) is 33.1 Å². The topological polar surface area (TPSA) is 124 Å². The van der Waals surface area contributed by atoms with E-state index in [0.717, 1.165) is 70.9 Å². The molecular formula is C36H38N6O3. The van der Waals surface area contributed by atoms with Crippen molar-refractivity contribution in [3.8, 4) is 11.1 Å². The maximum Gasteiger partial charge on any atom is 0.274 e. The van der Waals surface area contributed by atoms with Crippen LogP contribution in [0.15, 0.2) is 66.9 Å². The number of nitrogens with zero attached hydrogens (tertiary/aromatic N) is 3. The third kappa shape index (κ3) is 5.91. The van der Waals surface area contributed by atoms with Crippen LogP contribution in [0, 0.1) is 6.92 Å². The number of carbonyl (C=O) groups is 3. The standard InChI is InChI=1S/C36H38N6O3/c1-4-5-7-23-10-15-30(38-21-23)35(44)40-29-9-6-8-25(22(29)2)26-13-14-28(34(37)43)33-32(26)27-12-11-24(20-31(27)39-33)36(45)42-18-16-41(3)17-19-42/h6,8-15,20-21,39H,4-5,7,16-19H2,1-3H3,(H2,37,43)(H,40,44). The fraction of sp³-hybridized carbons (Fsp3) is 0.278. The number of H-pyrrole nitrogens is 1. The predicted octanol–water partition coefficient (Wildman–Crippen LogP) is 5.77. The highest BCUT2D eigenvalue weighted by Crippen LogP contribution is 2.39. The molecule has 0 aliphatic carbocycles. The molecule has 0 radical (unpaired) electrons. The normalized spacial score (nSPS) is 13.8. The largest absolute Gasteiger partial charge is 0.366 e. The molecule has 0 spiro atoms. The number of fused-ring (bicyclic) bond motifs is 3. The number of unbranched alkanes of at least 4 members (excludes halogenated alkanes) is 1. The summed E-state index contributed by atoms with van der Waals surface area (Å²) in [6.45, 7) is 7.15. The Kier molecular flexibility index (Phi) is 8.36. The van der Waals surface area contributed by atoms with Crippen molar-refractivity contribution in [1.29, 1.82) is 0 Å². The number of primary amides is 1. The molecule has 0 atom stereocenters. The Labute approximate surface area is 262 Å². The summed E-state index contributed by atoms with van der Waals surface area (Å²) in [7, 11) is 2.06. The highest BCUT2D eigenvalue weighted by molar-refractivity contribution is 6.20. The van der Waals surface area contributed by atoms with Crippen LogP contribution in [-0.2, 0) is 6.42 Å². The van der Waals surface area contributed by atoms with Gasteiger partial charge in [-0.1, -0.05) is 43.7 Å². The van der Waals surface area contributed by atoms with Crippen LogP contribution in [0.3, 0.4) is 0 Å². The number of nitrogens with two attached hydrogens (primary N) is 1. The van der Waals surface area contributed by atoms with Gasteiger partial charge in [0.2, 0.25) is 0 Å². The number of amides is 3. The number of nitrogens with one attached hydrogen (secondary N) is 2. The Morgan fingerprint density at radius 1 is 0.978 bits per heavy atom. The summed E-state index contributed by atoms with van der Waals surface area (Å²) in [5, 5.41) is 4.74. The molecule has 3 amide bonds. The first-order valence-electron chi connectivity index (χ1n) is 15.5. The quantitative estimate of drug-likeness (QED) is 0.208. The molecule has 1 aliphatic heterocycles. The molecule has 1 aliphatic rings. The van der Waals surface area contributed by atoms with E-state index in [4.69, 9.17) is 5.73 Å². The number of piperazine rings is 1. The van der Waals surface area contributed by atoms with Crippen molar-refractivity contribution in [1.82, 2.24) is 19.8 Å². The summed E-state index contributed by atoms with van der Waals surface area (Å²) < 4.78 is 0. The molecule has 9 heteroatoms. The highest BCUT2D eigenvalue weighted by Gasteiger charge is 2.23. The fourth-order valence-corrected chi connectivity index (χ4v) is 6.10. The van der Waals surface area contributed by atoms with Crippen LogP contribution in [0.1, 0.15) is 62.1 Å². The van der Waals surface area contributed by atoms with Crippen LogP contribution in [0.4, 0.5) is 5.69 Å². The van der Waals surface area contributed by atoms with E-state index in [9.17, 15) is 14.4 Å². The van der Waals surface area contributed by atoms with E-state index in [1.165, 1.54) is 0 Å². The second-order valence-corrected chi connectivity index (χ2v) is 11.8. The summed E-state index contributed by atoms with van der Waals surface area (Å²) in [5.41, 5.74) is 12.9. The van der Waals surface area contributed by atoms with Gasteiger partial charge >= 0.3 is 0 Å². The molecule has 0 bridgehead atoms. The molecule has 3 aromatic carbocycles. The number of likely N-dealkylation sites (N-methyl/N-ethyl adjacent to an activating group) is 1. The first kappa shape index (κ1) is 30.0. The first-order valence-corrected chi connectivity index (χ1v) is 15.5. The Morgan fingerprint density at radius 2 is 1.78 bits per heavy atom. The van der Waals surface area contributed by atoms with E-state index in [-0.39, 0.29) is 11.8 Å². The maximum atomic E-state index is 13.3. The van der Waals surface area contributed by atoms with Crippen LogP contribution in [0.2, 0.25) is 0 Å². The van der Waals surface area contributed by atoms with Crippen LogP contribution in [-0.4, -0.2) is 70.7 Å². The number of carbonyl (C=O) groups excluding carboxylic acids is 3. The first-order chi connectivity index (χ1) is 21.7. The van der Waals surface area contributed by atoms with Gasteiger partial charge in [-0.15, -0.1) is 0 Å². The lowest BCUT2D eigenvalue weighted by Crippen LogP contribution is -2.47. The zero-order chi connectivity index (χ0) is 31.7. The zero-order valence-corrected chi connectivity index (χ0v) is 25.9. The van der Waals surface area contributed by atoms with Gasteiger partial charge in [0, 0.05) is 59.9 Å². The van der Waals surface area contributed by atoms with E-state index in [2.05, 4.69) is 34.2 Å². The zero-order valence-electron chi connectivity index (χ0n) is 25.9. The van der Waals surface area contributed by atoms with Crippen molar-refractivity contribution >= 4 is 45.2 Å². The molecule has 1 saturated heterocycles. The fourth-order valence-electron chi connectivity index (χ4n) is 6.10. The smallest absolute Gasteiger partial charge is 0.274 e. The van der Waals surface area contributed by atoms with Crippen molar-refractivity contribution in [2.24, 2.45) is 5.73 Å². The van der Waals surface area contributed by atoms with Gasteiger partial charge in [-0.3, -0.25) is 19.4 Å². The SMILES string of the molecule is CCCCc1ccc(C(=O)Nc2cccc(-c3ccc(C(N)=O)c4[nH]c5cc(C(=O)N6CCN(C)CC6)ccc5c34)c2C)nc1. The molecule has 230 valence electrons. The molecular weight excluding hydrogens is 564 g/mol. The molecule has 3 heterocycles. The monoisotopic (exact) mass is 602 g/mol. The minimum atomic E-state index is -0.544. The number of benzene rings is 3. The summed E-state index contributed by atoms with van der Waals surface area (Å²) in [5.74, 6) is -0.836. The Morgan fingerprint density at radius 3 is 2.49 bits per heavy atom. The van der Waals surface area contributed by atoms with Crippen molar-refractivity contribution in [3.63, 3.8) is 0 Å². The van der Waals surface area contributed by atoms with Crippen LogP contribution < -0.4 is 11.1 Å². The van der Waals surface area contributed by atoms with Gasteiger partial charge in [0.25, 0.3) is 17.7 Å². The van der Waals surface area contributed by atoms with Crippen molar-refractivity contribution < 1.29 is 14.4 Å². The minimum Gasteiger partial charge on any atom is -0.366 e. The van der Waals surface area contributed by atoms with E-state index in [0.29, 0.717) is 41.1 Å². The molecule has 5 aromatic rings. The second-order valence-electron chi connectivity index (χ2n) is 11.8. The molecule has 9 nitrogen and oxygen atoms in total. The third-order valence-electron chi connectivity index (χ3n) is 8.81. The lowest BCUT2D eigenvalue weighted by molar-refractivity contribution is 0.0664. The molecule has 45 heavy (non-hydrogen) atoms. The van der Waals surface area contributed by atoms with E-state index < -0.39 is 5.91 Å². The predicted molar refractivity (Wildman–Crippen MR) is 179 cm³/mol. The number of hydrogen-bond acceptors (Lipinski definition) is 5. The molecule has 1 fully saturated rings. The Balaban J connectivity index is 1.37. The number of rotatable bonds is 8. The van der Waals surface area contributed by atoms with Crippen molar-refractivity contribution in [2.75, 3.05) is 38.5 Å². The average Bonchev–Trinajstić information content (AvgIpc) is 3.43. The molecule has 2 aromatic heterocycles. The maximum absolute atomic E-state index is 13.3. The van der Waals surface area contributed by atoms with Crippen LogP contribution in [0.5, 0.6) is 0 Å². The average molecular weight is 603 g/mol. The number of anilines is 1. The lowest BCUT2D eigenvalue weighted by atomic mass is 9.93. The minimum absolute atomic E-state index is 0.0108. The van der Waals surface area contributed by atoms with Gasteiger partial charge in [0.1, 0.15) is 5.69 Å². The van der Waals surface area contributed by atoms with Crippen molar-refractivity contribution in [3.05, 3.63) is 94.8 Å². The van der Waals surface area contributed by atoms with Gasteiger partial charge in [-0.2, -0.15) is 0 Å². The summed E-state index contributed by atoms with van der Waals surface area (Å²) in [6.07, 6.45) is 4.90. The second kappa shape index (κ2) is 12.5. The van der Waals surface area contributed by atoms with Gasteiger partial charge in [0.15, 0.2) is 0 Å². The lowest BCUT2D eigenvalue weighted by Gasteiger charge is -2.32. The number of pyridine rings is 1. The Hall–Kier alpha value is -5.02. The summed E-state index contributed by atoms with van der Waals surface area (Å²) in [4.78, 5) is 50.9. The van der Waals surface area contributed by atoms with Gasteiger partial charge in [-0.05, 0) is 79.4 Å². The third-order valence-corrected chi connectivity index (χ3v) is 8.81. The van der Waals surface area contributed by atoms with Gasteiger partial charge in [0.05, 0.1) is 11.1 Å². The summed E-state index contributed by atoms with van der Waals surface area (Å²) in [6, 6.07) is 18.7. The molecule has 0 unspecified atom stereocenters. The summed E-state index contributed by atoms with van der Waals surface area (Å²) >= 11 is 0. The van der Waals surface area contributed by atoms with Gasteiger partial charge in [-0.25, -0.2) is 0 Å². The molecule has 6 rings (SSSR count). The van der Waals surface area contributed by atoms with E-state index in [1.54, 1.807) is 18.3 Å². The Bertz CT molecular complexity index is 1920. The number of hydrogen-bond donors (Lipinski definition) is 3. The highest BCUT2D eigenvalue weighted by atomic mass is 16.2. The molecule has 0 saturated carbocycles. The number of aromatic amines is 1. The van der Waals surface area contributed by atoms with Crippen LogP contribution in [0.25, 0.3) is 32.9 Å². The number of aryl methyl sites for hydroxylation is 1. The molecule has 4 N–H and O–H groups in total. The van der Waals surface area contributed by atoms with E-state index in [1.807, 2.05) is 60.4 Å². The van der Waals surface area contributed by atoms with Gasteiger partial charge < -0.3 is 25.8 Å². The van der Waals surface area contributed by atoms with E-state index >= 15 is 0 Å². The number of aromatic nitrogens is 2. The van der Waals surface area contributed by atoms with Crippen LogP contribution >= 0.6 is 0 Å².